The molecule has 6 nitrogen and oxygen atoms in total. The molecule has 1 aromatic heterocycles. The number of anilines is 1. The number of halogens is 4. The molecule has 2 aromatic rings. The van der Waals surface area contributed by atoms with Crippen LogP contribution in [0.2, 0.25) is 0 Å². The predicted octanol–water partition coefficient (Wildman–Crippen LogP) is 2.29. The standard InChI is InChI=1S/C18H15F4N3O3/c1-24-9-12(10-5-7-11(8-6-10)18(20,21)22)15(17(24)27)16(26)23-14-4-2-3-13(19)25(14)28/h2-8,12,15H,9H2,1H3,(H,23,26)/t12-,15+/m1/s1. The van der Waals surface area contributed by atoms with Crippen molar-refractivity contribution < 1.29 is 31.9 Å². The molecule has 1 N–H and O–H groups in total. The topological polar surface area (TPSA) is 76.3 Å². The van der Waals surface area contributed by atoms with Gasteiger partial charge in [-0.3, -0.25) is 4.79 Å². The van der Waals surface area contributed by atoms with Gasteiger partial charge in [0.1, 0.15) is 5.92 Å². The number of hydrogen-bond donors (Lipinski definition) is 1. The van der Waals surface area contributed by atoms with Gasteiger partial charge in [-0.2, -0.15) is 17.6 Å². The number of carbonyl (C=O) groups is 2. The fourth-order valence-electron chi connectivity index (χ4n) is 3.18. The molecule has 1 fully saturated rings. The number of pyridine rings is 1. The molecule has 1 aliphatic rings. The van der Waals surface area contributed by atoms with Gasteiger partial charge in [0.15, 0.2) is 0 Å². The summed E-state index contributed by atoms with van der Waals surface area (Å²) >= 11 is 0. The van der Waals surface area contributed by atoms with Crippen LogP contribution in [0.4, 0.5) is 23.4 Å². The number of aromatic nitrogens is 1. The summed E-state index contributed by atoms with van der Waals surface area (Å²) in [5.74, 6) is -4.88. The third-order valence-electron chi connectivity index (χ3n) is 4.62. The van der Waals surface area contributed by atoms with E-state index >= 15 is 0 Å². The Morgan fingerprint density at radius 1 is 1.21 bits per heavy atom. The molecule has 28 heavy (non-hydrogen) atoms. The van der Waals surface area contributed by atoms with Crippen molar-refractivity contribution in [2.75, 3.05) is 18.9 Å². The SMILES string of the molecule is CN1C[C@H](c2ccc(C(F)(F)F)cc2)[C@@H](C(=O)Nc2cccc(F)[n+]2[O-])C1=O. The van der Waals surface area contributed by atoms with E-state index in [4.69, 9.17) is 0 Å². The monoisotopic (exact) mass is 397 g/mol. The van der Waals surface area contributed by atoms with Crippen LogP contribution in [0.15, 0.2) is 42.5 Å². The summed E-state index contributed by atoms with van der Waals surface area (Å²) < 4.78 is 51.5. The molecule has 1 saturated heterocycles. The molecule has 0 spiro atoms. The van der Waals surface area contributed by atoms with Gasteiger partial charge in [0.05, 0.1) is 5.56 Å². The molecule has 2 amide bonds. The molecule has 1 aromatic carbocycles. The first-order valence-electron chi connectivity index (χ1n) is 8.20. The van der Waals surface area contributed by atoms with Crippen molar-refractivity contribution in [2.24, 2.45) is 5.92 Å². The number of carbonyl (C=O) groups excluding carboxylic acids is 2. The Hall–Kier alpha value is -3.17. The van der Waals surface area contributed by atoms with Crippen molar-refractivity contribution in [2.45, 2.75) is 12.1 Å². The van der Waals surface area contributed by atoms with Gasteiger partial charge >= 0.3 is 12.1 Å². The highest BCUT2D eigenvalue weighted by Crippen LogP contribution is 2.36. The van der Waals surface area contributed by atoms with Gasteiger partial charge in [-0.1, -0.05) is 12.1 Å². The average molecular weight is 397 g/mol. The lowest BCUT2D eigenvalue weighted by Gasteiger charge is -2.16. The Kier molecular flexibility index (Phi) is 4.97. The molecule has 0 unspecified atom stereocenters. The lowest BCUT2D eigenvalue weighted by atomic mass is 9.87. The van der Waals surface area contributed by atoms with E-state index < -0.39 is 47.2 Å². The molecular formula is C18H15F4N3O3. The van der Waals surface area contributed by atoms with Gasteiger partial charge in [0.2, 0.25) is 5.91 Å². The molecule has 2 heterocycles. The van der Waals surface area contributed by atoms with Crippen LogP contribution < -0.4 is 10.0 Å². The van der Waals surface area contributed by atoms with Gasteiger partial charge in [-0.25, -0.2) is 14.8 Å². The summed E-state index contributed by atoms with van der Waals surface area (Å²) in [5, 5.41) is 13.9. The Morgan fingerprint density at radius 2 is 1.86 bits per heavy atom. The van der Waals surface area contributed by atoms with Crippen molar-refractivity contribution >= 4 is 17.6 Å². The van der Waals surface area contributed by atoms with Gasteiger partial charge in [-0.15, -0.1) is 0 Å². The van der Waals surface area contributed by atoms with Crippen LogP contribution in [0.25, 0.3) is 0 Å². The Morgan fingerprint density at radius 3 is 2.46 bits per heavy atom. The molecule has 3 rings (SSSR count). The van der Waals surface area contributed by atoms with Gasteiger partial charge in [-0.05, 0) is 23.8 Å². The molecule has 0 saturated carbocycles. The van der Waals surface area contributed by atoms with Crippen LogP contribution in [0.5, 0.6) is 0 Å². The average Bonchev–Trinajstić information content (AvgIpc) is 2.93. The van der Waals surface area contributed by atoms with Crippen LogP contribution in [0.3, 0.4) is 0 Å². The van der Waals surface area contributed by atoms with E-state index in [1.54, 1.807) is 0 Å². The quantitative estimate of drug-likeness (QED) is 0.284. The number of nitrogens with zero attached hydrogens (tertiary/aromatic N) is 2. The normalized spacial score (nSPS) is 19.8. The van der Waals surface area contributed by atoms with Crippen LogP contribution in [-0.2, 0) is 15.8 Å². The molecule has 148 valence electrons. The van der Waals surface area contributed by atoms with Crippen LogP contribution >= 0.6 is 0 Å². The lowest BCUT2D eigenvalue weighted by Crippen LogP contribution is -2.40. The van der Waals surface area contributed by atoms with Crippen LogP contribution in [0, 0.1) is 17.1 Å². The van der Waals surface area contributed by atoms with E-state index in [0.29, 0.717) is 5.56 Å². The number of amides is 2. The fraction of sp³-hybridized carbons (Fsp3) is 0.278. The van der Waals surface area contributed by atoms with Crippen molar-refractivity contribution in [3.8, 4) is 0 Å². The number of benzene rings is 1. The molecule has 2 atom stereocenters. The second-order valence-corrected chi connectivity index (χ2v) is 6.44. The minimum atomic E-state index is -4.50. The Labute approximate surface area is 157 Å². The van der Waals surface area contributed by atoms with Gasteiger partial charge in [0.25, 0.3) is 11.8 Å². The highest BCUT2D eigenvalue weighted by Gasteiger charge is 2.46. The summed E-state index contributed by atoms with van der Waals surface area (Å²) in [4.78, 5) is 26.3. The minimum absolute atomic E-state index is 0.114. The van der Waals surface area contributed by atoms with Crippen molar-refractivity contribution in [3.63, 3.8) is 0 Å². The first-order valence-corrected chi connectivity index (χ1v) is 8.20. The zero-order valence-electron chi connectivity index (χ0n) is 14.5. The van der Waals surface area contributed by atoms with Crippen molar-refractivity contribution in [3.05, 3.63) is 64.7 Å². The maximum atomic E-state index is 13.4. The minimum Gasteiger partial charge on any atom is -0.709 e. The third-order valence-corrected chi connectivity index (χ3v) is 4.62. The number of likely N-dealkylation sites (N-methyl/N-ethyl adjacent to an activating group) is 1. The maximum absolute atomic E-state index is 13.4. The fourth-order valence-corrected chi connectivity index (χ4v) is 3.18. The van der Waals surface area contributed by atoms with E-state index in [0.717, 1.165) is 18.2 Å². The van der Waals surface area contributed by atoms with E-state index in [9.17, 15) is 32.4 Å². The summed E-state index contributed by atoms with van der Waals surface area (Å²) in [5.41, 5.74) is -0.470. The zero-order valence-corrected chi connectivity index (χ0v) is 14.5. The number of rotatable bonds is 3. The van der Waals surface area contributed by atoms with E-state index in [1.165, 1.54) is 36.2 Å². The zero-order chi connectivity index (χ0) is 20.6. The summed E-state index contributed by atoms with van der Waals surface area (Å²) in [6.07, 6.45) is -4.50. The van der Waals surface area contributed by atoms with E-state index in [1.807, 2.05) is 0 Å². The van der Waals surface area contributed by atoms with E-state index in [-0.39, 0.29) is 11.3 Å². The first-order chi connectivity index (χ1) is 13.1. The van der Waals surface area contributed by atoms with E-state index in [2.05, 4.69) is 5.32 Å². The number of likely N-dealkylation sites (tertiary alicyclic amines) is 1. The molecule has 1 aliphatic heterocycles. The maximum Gasteiger partial charge on any atom is 0.416 e. The molecule has 0 aliphatic carbocycles. The molecule has 0 bridgehead atoms. The van der Waals surface area contributed by atoms with Gasteiger partial charge < -0.3 is 10.1 Å². The molecular weight excluding hydrogens is 382 g/mol. The summed E-state index contributed by atoms with van der Waals surface area (Å²) in [6.45, 7) is 0.114. The number of hydrogen-bond acceptors (Lipinski definition) is 3. The summed E-state index contributed by atoms with van der Waals surface area (Å²) in [7, 11) is 1.46. The number of alkyl halides is 3. The number of nitrogens with one attached hydrogen (secondary N) is 1. The molecule has 0 radical (unpaired) electrons. The Balaban J connectivity index is 1.88. The highest BCUT2D eigenvalue weighted by molar-refractivity contribution is 6.08. The highest BCUT2D eigenvalue weighted by atomic mass is 19.4. The second kappa shape index (κ2) is 7.10. The first kappa shape index (κ1) is 19.6. The smallest absolute Gasteiger partial charge is 0.416 e. The summed E-state index contributed by atoms with van der Waals surface area (Å²) in [6, 6.07) is 7.49. The largest absolute Gasteiger partial charge is 0.709 e. The van der Waals surface area contributed by atoms with Crippen LogP contribution in [-0.4, -0.2) is 30.3 Å². The van der Waals surface area contributed by atoms with Crippen molar-refractivity contribution in [1.29, 1.82) is 0 Å². The molecule has 10 heteroatoms. The second-order valence-electron chi connectivity index (χ2n) is 6.44. The Bertz CT molecular complexity index is 915. The van der Waals surface area contributed by atoms with Crippen LogP contribution in [0.1, 0.15) is 17.0 Å². The predicted molar refractivity (Wildman–Crippen MR) is 89.3 cm³/mol. The van der Waals surface area contributed by atoms with Crippen molar-refractivity contribution in [1.82, 2.24) is 4.90 Å². The third kappa shape index (κ3) is 3.62. The lowest BCUT2D eigenvalue weighted by molar-refractivity contribution is -0.622. The van der Waals surface area contributed by atoms with Gasteiger partial charge in [0, 0.05) is 31.6 Å².